The van der Waals surface area contributed by atoms with E-state index in [4.69, 9.17) is 31.1 Å². The van der Waals surface area contributed by atoms with Crippen LogP contribution in [0.3, 0.4) is 0 Å². The van der Waals surface area contributed by atoms with Gasteiger partial charge in [0, 0.05) is 0 Å². The van der Waals surface area contributed by atoms with Gasteiger partial charge in [0.1, 0.15) is 11.6 Å². The number of hydrogen-bond donors (Lipinski definition) is 0. The first-order valence-corrected chi connectivity index (χ1v) is 8.31. The highest BCUT2D eigenvalue weighted by Crippen LogP contribution is 2.30. The molecule has 0 aliphatic heterocycles. The van der Waals surface area contributed by atoms with E-state index in [1.165, 1.54) is 25.3 Å². The number of nitrogens with zero attached hydrogens (tertiary/aromatic N) is 1. The molecule has 138 valence electrons. The van der Waals surface area contributed by atoms with E-state index in [2.05, 4.69) is 0 Å². The number of nitriles is 1. The smallest absolute Gasteiger partial charge is 0.348 e. The molecule has 27 heavy (non-hydrogen) atoms. The van der Waals surface area contributed by atoms with E-state index in [-0.39, 0.29) is 34.3 Å². The first kappa shape index (κ1) is 20.0. The van der Waals surface area contributed by atoms with Gasteiger partial charge in [0.15, 0.2) is 11.5 Å². The quantitative estimate of drug-likeness (QED) is 0.323. The highest BCUT2D eigenvalue weighted by atomic mass is 35.5. The second-order valence-corrected chi connectivity index (χ2v) is 5.58. The van der Waals surface area contributed by atoms with Gasteiger partial charge < -0.3 is 14.2 Å². The molecule has 0 radical (unpaired) electrons. The lowest BCUT2D eigenvalue weighted by Gasteiger charge is -2.11. The van der Waals surface area contributed by atoms with Gasteiger partial charge in [-0.15, -0.1) is 0 Å². The molecule has 0 bridgehead atoms. The molecule has 2 aromatic rings. The highest BCUT2D eigenvalue weighted by molar-refractivity contribution is 6.33. The minimum Gasteiger partial charge on any atom is -0.493 e. The molecule has 7 heteroatoms. The second kappa shape index (κ2) is 9.41. The zero-order valence-electron chi connectivity index (χ0n) is 14.7. The van der Waals surface area contributed by atoms with Crippen molar-refractivity contribution in [2.24, 2.45) is 0 Å². The van der Waals surface area contributed by atoms with Gasteiger partial charge in [0.25, 0.3) is 0 Å². The van der Waals surface area contributed by atoms with Gasteiger partial charge in [-0.3, -0.25) is 0 Å². The number of rotatable bonds is 6. The largest absolute Gasteiger partial charge is 0.493 e. The second-order valence-electron chi connectivity index (χ2n) is 5.17. The van der Waals surface area contributed by atoms with Gasteiger partial charge in [-0.05, 0) is 42.8 Å². The third kappa shape index (κ3) is 5.09. The lowest BCUT2D eigenvalue weighted by atomic mass is 10.1. The topological polar surface area (TPSA) is 85.6 Å². The Hall–Kier alpha value is -3.30. The van der Waals surface area contributed by atoms with Crippen LogP contribution in [0, 0.1) is 11.3 Å². The average Bonchev–Trinajstić information content (AvgIpc) is 2.67. The number of carbonyl (C=O) groups excluding carboxylic acids is 2. The summed E-state index contributed by atoms with van der Waals surface area (Å²) in [5.74, 6) is -0.917. The summed E-state index contributed by atoms with van der Waals surface area (Å²) in [6, 6.07) is 12.9. The van der Waals surface area contributed by atoms with Crippen molar-refractivity contribution >= 4 is 29.6 Å². The van der Waals surface area contributed by atoms with Crippen molar-refractivity contribution < 1.29 is 23.8 Å². The van der Waals surface area contributed by atoms with Crippen molar-refractivity contribution in [3.8, 4) is 17.6 Å². The van der Waals surface area contributed by atoms with Crippen LogP contribution in [-0.2, 0) is 9.53 Å². The van der Waals surface area contributed by atoms with Gasteiger partial charge in [-0.2, -0.15) is 5.26 Å². The summed E-state index contributed by atoms with van der Waals surface area (Å²) in [5, 5.41) is 9.38. The maximum absolute atomic E-state index is 12.3. The average molecular weight is 386 g/mol. The van der Waals surface area contributed by atoms with Crippen molar-refractivity contribution in [3.05, 3.63) is 64.2 Å². The van der Waals surface area contributed by atoms with Gasteiger partial charge in [0.2, 0.25) is 0 Å². The molecule has 2 aromatic carbocycles. The van der Waals surface area contributed by atoms with Crippen LogP contribution in [0.5, 0.6) is 11.5 Å². The number of methoxy groups -OCH3 is 1. The molecule has 0 saturated carbocycles. The van der Waals surface area contributed by atoms with Crippen molar-refractivity contribution in [1.29, 1.82) is 5.26 Å². The Morgan fingerprint density at radius 1 is 1.19 bits per heavy atom. The number of ether oxygens (including phenoxy) is 3. The predicted molar refractivity (Wildman–Crippen MR) is 99.6 cm³/mol. The first-order valence-electron chi connectivity index (χ1n) is 7.93. The molecule has 0 aliphatic rings. The zero-order chi connectivity index (χ0) is 19.8. The third-order valence-electron chi connectivity index (χ3n) is 3.41. The van der Waals surface area contributed by atoms with E-state index in [0.717, 1.165) is 0 Å². The Balaban J connectivity index is 2.29. The monoisotopic (exact) mass is 385 g/mol. The first-order chi connectivity index (χ1) is 13.0. The van der Waals surface area contributed by atoms with E-state index >= 15 is 0 Å². The molecule has 6 nitrogen and oxygen atoms in total. The fourth-order valence-corrected chi connectivity index (χ4v) is 2.37. The summed E-state index contributed by atoms with van der Waals surface area (Å²) >= 11 is 6.00. The van der Waals surface area contributed by atoms with Gasteiger partial charge in [-0.25, -0.2) is 9.59 Å². The standard InChI is InChI=1S/C20H16ClNO5/c1-3-26-19(23)14(12-22)10-13-8-9-17(18(11-13)25-2)27-20(24)15-6-4-5-7-16(15)21/h4-11H,3H2,1-2H3/b14-10+. The summed E-state index contributed by atoms with van der Waals surface area (Å²) < 4.78 is 15.4. The van der Waals surface area contributed by atoms with Crippen LogP contribution >= 0.6 is 11.6 Å². The summed E-state index contributed by atoms with van der Waals surface area (Å²) in [6.45, 7) is 1.82. The molecule has 2 rings (SSSR count). The number of hydrogen-bond acceptors (Lipinski definition) is 6. The van der Waals surface area contributed by atoms with Crippen molar-refractivity contribution in [3.63, 3.8) is 0 Å². The Morgan fingerprint density at radius 2 is 1.93 bits per heavy atom. The van der Waals surface area contributed by atoms with E-state index in [0.29, 0.717) is 5.56 Å². The minimum atomic E-state index is -0.715. The summed E-state index contributed by atoms with van der Waals surface area (Å²) in [6.07, 6.45) is 1.36. The van der Waals surface area contributed by atoms with E-state index in [9.17, 15) is 9.59 Å². The molecule has 0 spiro atoms. The molecular formula is C20H16ClNO5. The predicted octanol–water partition coefficient (Wildman–Crippen LogP) is 4.04. The number of benzene rings is 2. The fourth-order valence-electron chi connectivity index (χ4n) is 2.15. The molecule has 0 saturated heterocycles. The molecule has 0 atom stereocenters. The van der Waals surface area contributed by atoms with Crippen molar-refractivity contribution in [2.45, 2.75) is 6.92 Å². The maximum atomic E-state index is 12.3. The summed E-state index contributed by atoms with van der Waals surface area (Å²) in [7, 11) is 1.41. The van der Waals surface area contributed by atoms with Crippen LogP contribution in [-0.4, -0.2) is 25.7 Å². The molecular weight excluding hydrogens is 370 g/mol. The normalized spacial score (nSPS) is 10.7. The fraction of sp³-hybridized carbons (Fsp3) is 0.150. The van der Waals surface area contributed by atoms with Crippen LogP contribution in [0.15, 0.2) is 48.0 Å². The Labute approximate surface area is 161 Å². The molecule has 0 aliphatic carbocycles. The molecule has 0 aromatic heterocycles. The van der Waals surface area contributed by atoms with Gasteiger partial charge >= 0.3 is 11.9 Å². The summed E-state index contributed by atoms with van der Waals surface area (Å²) in [4.78, 5) is 24.0. The van der Waals surface area contributed by atoms with Crippen LogP contribution in [0.25, 0.3) is 6.08 Å². The molecule has 0 N–H and O–H groups in total. The van der Waals surface area contributed by atoms with Crippen LogP contribution in [0.4, 0.5) is 0 Å². The third-order valence-corrected chi connectivity index (χ3v) is 3.74. The SMILES string of the molecule is CCOC(=O)/C(C#N)=C/c1ccc(OC(=O)c2ccccc2Cl)c(OC)c1. The van der Waals surface area contributed by atoms with E-state index in [1.807, 2.05) is 0 Å². The lowest BCUT2D eigenvalue weighted by Crippen LogP contribution is -2.10. The Bertz CT molecular complexity index is 930. The van der Waals surface area contributed by atoms with Crippen molar-refractivity contribution in [1.82, 2.24) is 0 Å². The molecule has 0 fully saturated rings. The number of halogens is 1. The Morgan fingerprint density at radius 3 is 2.56 bits per heavy atom. The maximum Gasteiger partial charge on any atom is 0.348 e. The molecule has 0 amide bonds. The highest BCUT2D eigenvalue weighted by Gasteiger charge is 2.16. The minimum absolute atomic E-state index is 0.153. The van der Waals surface area contributed by atoms with E-state index < -0.39 is 11.9 Å². The van der Waals surface area contributed by atoms with Crippen LogP contribution in [0.1, 0.15) is 22.8 Å². The number of carbonyl (C=O) groups is 2. The molecule has 0 unspecified atom stereocenters. The lowest BCUT2D eigenvalue weighted by molar-refractivity contribution is -0.137. The van der Waals surface area contributed by atoms with Crippen LogP contribution in [0.2, 0.25) is 5.02 Å². The van der Waals surface area contributed by atoms with Crippen LogP contribution < -0.4 is 9.47 Å². The van der Waals surface area contributed by atoms with Gasteiger partial charge in [-0.1, -0.05) is 29.8 Å². The Kier molecular flexibility index (Phi) is 6.98. The van der Waals surface area contributed by atoms with Crippen molar-refractivity contribution in [2.75, 3.05) is 13.7 Å². The summed E-state index contributed by atoms with van der Waals surface area (Å²) in [5.41, 5.74) is 0.577. The zero-order valence-corrected chi connectivity index (χ0v) is 15.4. The number of esters is 2. The van der Waals surface area contributed by atoms with Gasteiger partial charge in [0.05, 0.1) is 24.3 Å². The van der Waals surface area contributed by atoms with E-state index in [1.54, 1.807) is 43.3 Å². The molecule has 0 heterocycles.